The van der Waals surface area contributed by atoms with Crippen LogP contribution in [0.3, 0.4) is 0 Å². The molecule has 3 aliphatic rings. The molecule has 5 N–H and O–H groups in total. The lowest BCUT2D eigenvalue weighted by molar-refractivity contribution is -0.231. The summed E-state index contributed by atoms with van der Waals surface area (Å²) in [6.45, 7) is -0.207. The van der Waals surface area contributed by atoms with E-state index in [1.165, 1.54) is 4.90 Å². The molecule has 0 aromatic rings. The summed E-state index contributed by atoms with van der Waals surface area (Å²) >= 11 is 0. The van der Waals surface area contributed by atoms with Gasteiger partial charge in [0.1, 0.15) is 30.5 Å². The average Bonchev–Trinajstić information content (AvgIpc) is 3.15. The van der Waals surface area contributed by atoms with E-state index in [9.17, 15) is 24.9 Å². The molecule has 4 unspecified atom stereocenters. The van der Waals surface area contributed by atoms with Gasteiger partial charge in [0, 0.05) is 6.54 Å². The summed E-state index contributed by atoms with van der Waals surface area (Å²) in [6, 6.07) is -0.460. The largest absolute Gasteiger partial charge is 0.420 e. The number of carbonyl (C=O) groups is 2. The lowest BCUT2D eigenvalue weighted by Crippen LogP contribution is -2.60. The maximum Gasteiger partial charge on any atom is 0.416 e. The molecule has 0 aromatic heterocycles. The van der Waals surface area contributed by atoms with Gasteiger partial charge in [0.25, 0.3) is 5.91 Å². The first kappa shape index (κ1) is 14.6. The number of ether oxygens (including phenoxy) is 2. The topological polar surface area (TPSA) is 149 Å². The lowest BCUT2D eigenvalue weighted by atomic mass is 9.93. The first-order valence-electron chi connectivity index (χ1n) is 6.51. The van der Waals surface area contributed by atoms with Crippen molar-refractivity contribution in [2.24, 2.45) is 0 Å². The SMILES string of the molecule is O=C1NC(=O)C(N2CC2C2O[C@H](CO)[C@H](O)[C@H](O)[C@H]2O)O1. The normalized spacial score (nSPS) is 49.7. The van der Waals surface area contributed by atoms with Crippen LogP contribution >= 0.6 is 0 Å². The monoisotopic (exact) mass is 304 g/mol. The maximum absolute atomic E-state index is 11.5. The van der Waals surface area contributed by atoms with Crippen molar-refractivity contribution >= 4 is 12.0 Å². The molecule has 10 nitrogen and oxygen atoms in total. The molecule has 0 spiro atoms. The van der Waals surface area contributed by atoms with Crippen LogP contribution in [0.2, 0.25) is 0 Å². The van der Waals surface area contributed by atoms with E-state index in [2.05, 4.69) is 0 Å². The van der Waals surface area contributed by atoms with Crippen molar-refractivity contribution in [3.05, 3.63) is 0 Å². The molecule has 21 heavy (non-hydrogen) atoms. The summed E-state index contributed by atoms with van der Waals surface area (Å²) in [7, 11) is 0. The highest BCUT2D eigenvalue weighted by Gasteiger charge is 2.57. The molecule has 3 heterocycles. The molecule has 3 fully saturated rings. The Morgan fingerprint density at radius 1 is 1.19 bits per heavy atom. The number of imide groups is 1. The third kappa shape index (κ3) is 2.39. The molecule has 118 valence electrons. The molecule has 0 radical (unpaired) electrons. The van der Waals surface area contributed by atoms with Crippen LogP contribution in [0.25, 0.3) is 0 Å². The zero-order valence-electron chi connectivity index (χ0n) is 10.8. The molecule has 8 atom stereocenters. The average molecular weight is 304 g/mol. The van der Waals surface area contributed by atoms with Gasteiger partial charge in [-0.15, -0.1) is 0 Å². The lowest BCUT2D eigenvalue weighted by Gasteiger charge is -2.40. The smallest absolute Gasteiger partial charge is 0.416 e. The van der Waals surface area contributed by atoms with Gasteiger partial charge in [0.05, 0.1) is 12.6 Å². The van der Waals surface area contributed by atoms with E-state index in [1.807, 2.05) is 5.32 Å². The number of carbonyl (C=O) groups excluding carboxylic acids is 2. The molecule has 0 aliphatic carbocycles. The van der Waals surface area contributed by atoms with E-state index in [4.69, 9.17) is 14.6 Å². The second-order valence-corrected chi connectivity index (χ2v) is 5.30. The summed E-state index contributed by atoms with van der Waals surface area (Å²) in [5.41, 5.74) is 0. The van der Waals surface area contributed by atoms with Gasteiger partial charge in [0.15, 0.2) is 0 Å². The number of amides is 2. The minimum absolute atomic E-state index is 0.314. The Labute approximate surface area is 118 Å². The predicted molar refractivity (Wildman–Crippen MR) is 62.7 cm³/mol. The highest BCUT2D eigenvalue weighted by atomic mass is 16.6. The number of aliphatic hydroxyl groups excluding tert-OH is 4. The van der Waals surface area contributed by atoms with Crippen molar-refractivity contribution in [1.29, 1.82) is 0 Å². The summed E-state index contributed by atoms with van der Waals surface area (Å²) in [6.07, 6.45) is -8.12. The molecule has 2 amide bonds. The minimum Gasteiger partial charge on any atom is -0.420 e. The van der Waals surface area contributed by atoms with Gasteiger partial charge < -0.3 is 29.9 Å². The van der Waals surface area contributed by atoms with Gasteiger partial charge in [-0.05, 0) is 0 Å². The van der Waals surface area contributed by atoms with E-state index in [1.54, 1.807) is 0 Å². The van der Waals surface area contributed by atoms with Crippen LogP contribution in [-0.2, 0) is 14.3 Å². The molecule has 0 bridgehead atoms. The van der Waals surface area contributed by atoms with Crippen LogP contribution < -0.4 is 5.32 Å². The number of aliphatic hydroxyl groups is 4. The van der Waals surface area contributed by atoms with Crippen LogP contribution in [0, 0.1) is 0 Å². The van der Waals surface area contributed by atoms with Gasteiger partial charge in [-0.1, -0.05) is 0 Å². The summed E-state index contributed by atoms with van der Waals surface area (Å²) < 4.78 is 10.2. The van der Waals surface area contributed by atoms with E-state index in [0.717, 1.165) is 0 Å². The number of hydrogen-bond acceptors (Lipinski definition) is 9. The fraction of sp³-hybridized carbons (Fsp3) is 0.818. The van der Waals surface area contributed by atoms with E-state index >= 15 is 0 Å². The summed E-state index contributed by atoms with van der Waals surface area (Å²) in [5.74, 6) is -0.605. The fourth-order valence-corrected chi connectivity index (χ4v) is 2.74. The Morgan fingerprint density at radius 3 is 2.48 bits per heavy atom. The second kappa shape index (κ2) is 5.16. The third-order valence-electron chi connectivity index (χ3n) is 3.97. The Kier molecular flexibility index (Phi) is 3.59. The zero-order chi connectivity index (χ0) is 15.3. The van der Waals surface area contributed by atoms with Gasteiger partial charge in [0.2, 0.25) is 6.23 Å². The second-order valence-electron chi connectivity index (χ2n) is 5.30. The van der Waals surface area contributed by atoms with Crippen LogP contribution in [0.4, 0.5) is 4.79 Å². The maximum atomic E-state index is 11.5. The van der Waals surface area contributed by atoms with Crippen molar-refractivity contribution in [2.45, 2.75) is 42.8 Å². The Bertz CT molecular complexity index is 458. The third-order valence-corrected chi connectivity index (χ3v) is 3.97. The summed E-state index contributed by atoms with van der Waals surface area (Å²) in [5, 5.41) is 40.5. The van der Waals surface area contributed by atoms with Gasteiger partial charge in [-0.25, -0.2) is 4.79 Å². The van der Waals surface area contributed by atoms with Crippen molar-refractivity contribution in [3.8, 4) is 0 Å². The first-order chi connectivity index (χ1) is 9.93. The molecule has 0 saturated carbocycles. The van der Waals surface area contributed by atoms with Crippen molar-refractivity contribution in [3.63, 3.8) is 0 Å². The van der Waals surface area contributed by atoms with Crippen molar-refractivity contribution in [2.75, 3.05) is 13.2 Å². The predicted octanol–water partition coefficient (Wildman–Crippen LogP) is -3.89. The van der Waals surface area contributed by atoms with Crippen molar-refractivity contribution < 1.29 is 39.5 Å². The van der Waals surface area contributed by atoms with Crippen LogP contribution in [-0.4, -0.2) is 93.3 Å². The molecular weight excluding hydrogens is 288 g/mol. The molecule has 3 rings (SSSR count). The molecular formula is C11H16N2O8. The number of rotatable bonds is 3. The number of alkyl carbamates (subject to hydrolysis) is 1. The number of hydrogen-bond donors (Lipinski definition) is 5. The first-order valence-corrected chi connectivity index (χ1v) is 6.51. The zero-order valence-corrected chi connectivity index (χ0v) is 10.8. The summed E-state index contributed by atoms with van der Waals surface area (Å²) in [4.78, 5) is 23.9. The van der Waals surface area contributed by atoms with E-state index in [0.29, 0.717) is 6.54 Å². The van der Waals surface area contributed by atoms with Gasteiger partial charge in [-0.3, -0.25) is 15.0 Å². The van der Waals surface area contributed by atoms with Crippen LogP contribution in [0.15, 0.2) is 0 Å². The fourth-order valence-electron chi connectivity index (χ4n) is 2.74. The van der Waals surface area contributed by atoms with E-state index in [-0.39, 0.29) is 0 Å². The van der Waals surface area contributed by atoms with Gasteiger partial charge >= 0.3 is 6.09 Å². The van der Waals surface area contributed by atoms with Gasteiger partial charge in [-0.2, -0.15) is 0 Å². The Morgan fingerprint density at radius 2 is 1.90 bits per heavy atom. The highest BCUT2D eigenvalue weighted by molar-refractivity contribution is 5.99. The number of nitrogens with one attached hydrogen (secondary N) is 1. The number of nitrogens with zero attached hydrogens (tertiary/aromatic N) is 1. The minimum atomic E-state index is -1.47. The highest BCUT2D eigenvalue weighted by Crippen LogP contribution is 2.34. The Balaban J connectivity index is 1.68. The quantitative estimate of drug-likeness (QED) is 0.330. The van der Waals surface area contributed by atoms with Crippen molar-refractivity contribution in [1.82, 2.24) is 10.2 Å². The van der Waals surface area contributed by atoms with E-state index < -0.39 is 61.4 Å². The van der Waals surface area contributed by atoms with Crippen LogP contribution in [0.5, 0.6) is 0 Å². The molecule has 10 heteroatoms. The Hall–Kier alpha value is -1.30. The van der Waals surface area contributed by atoms with Crippen LogP contribution in [0.1, 0.15) is 0 Å². The number of cyclic esters (lactones) is 1. The standard InChI is InChI=1S/C11H16N2O8/c14-2-4-5(15)6(16)7(17)8(20-4)3-1-13(3)10-9(18)12-11(19)21-10/h3-8,10,14-17H,1-2H2,(H,12,18,19)/t3?,4-,5+,6+,7-,8?,10?,13?/m1/s1. The molecule has 3 aliphatic heterocycles. The molecule has 0 aromatic carbocycles. The molecule has 3 saturated heterocycles.